The summed E-state index contributed by atoms with van der Waals surface area (Å²) in [7, 11) is 0. The number of rotatable bonds is 5. The van der Waals surface area contributed by atoms with E-state index in [9.17, 15) is 4.79 Å². The Labute approximate surface area is 133 Å². The molecule has 1 aromatic rings. The molecule has 22 heavy (non-hydrogen) atoms. The summed E-state index contributed by atoms with van der Waals surface area (Å²) in [6.07, 6.45) is 1.80. The fourth-order valence-corrected chi connectivity index (χ4v) is 3.07. The Hall–Kier alpha value is -1.55. The highest BCUT2D eigenvalue weighted by Gasteiger charge is 2.23. The van der Waals surface area contributed by atoms with Crippen molar-refractivity contribution in [1.29, 1.82) is 0 Å². The lowest BCUT2D eigenvalue weighted by molar-refractivity contribution is 0.137. The normalized spacial score (nSPS) is 17.5. The number of likely N-dealkylation sites (tertiary alicyclic amines) is 1. The lowest BCUT2D eigenvalue weighted by Gasteiger charge is -2.32. The van der Waals surface area contributed by atoms with Gasteiger partial charge in [-0.05, 0) is 30.2 Å². The molecule has 2 amide bonds. The molecule has 1 aliphatic rings. The average molecular weight is 304 g/mol. The number of carbonyl (C=O) groups excluding carboxylic acids is 1. The van der Waals surface area contributed by atoms with Gasteiger partial charge in [-0.1, -0.05) is 44.2 Å². The number of nitrogens with zero attached hydrogens (tertiary/aromatic N) is 1. The number of benzene rings is 1. The second-order valence-electron chi connectivity index (χ2n) is 6.56. The van der Waals surface area contributed by atoms with E-state index in [1.54, 1.807) is 0 Å². The Bertz CT molecular complexity index is 453. The zero-order valence-corrected chi connectivity index (χ0v) is 13.7. The first-order valence-corrected chi connectivity index (χ1v) is 8.30. The van der Waals surface area contributed by atoms with E-state index < -0.39 is 0 Å². The van der Waals surface area contributed by atoms with Gasteiger partial charge in [0.2, 0.25) is 0 Å². The van der Waals surface area contributed by atoms with Crippen molar-refractivity contribution in [3.05, 3.63) is 35.9 Å². The van der Waals surface area contributed by atoms with Gasteiger partial charge in [-0.3, -0.25) is 0 Å². The van der Waals surface area contributed by atoms with Crippen LogP contribution in [-0.2, 0) is 0 Å². The molecule has 1 aliphatic heterocycles. The highest BCUT2D eigenvalue weighted by Crippen LogP contribution is 2.23. The molecule has 0 spiro atoms. The lowest BCUT2D eigenvalue weighted by atomic mass is 9.88. The number of aliphatic hydroxyl groups excluding tert-OH is 1. The highest BCUT2D eigenvalue weighted by molar-refractivity contribution is 5.74. The van der Waals surface area contributed by atoms with Gasteiger partial charge in [-0.25, -0.2) is 4.79 Å². The Morgan fingerprint density at radius 1 is 1.27 bits per heavy atom. The van der Waals surface area contributed by atoms with Crippen LogP contribution in [0.3, 0.4) is 0 Å². The average Bonchev–Trinajstić information content (AvgIpc) is 2.55. The monoisotopic (exact) mass is 304 g/mol. The van der Waals surface area contributed by atoms with Gasteiger partial charge in [0.1, 0.15) is 0 Å². The minimum Gasteiger partial charge on any atom is -0.396 e. The predicted molar refractivity (Wildman–Crippen MR) is 88.8 cm³/mol. The van der Waals surface area contributed by atoms with Crippen molar-refractivity contribution in [2.24, 2.45) is 11.8 Å². The van der Waals surface area contributed by atoms with Crippen molar-refractivity contribution in [2.75, 3.05) is 26.2 Å². The molecule has 1 atom stereocenters. The lowest BCUT2D eigenvalue weighted by Crippen LogP contribution is -2.46. The maximum Gasteiger partial charge on any atom is 0.317 e. The van der Waals surface area contributed by atoms with E-state index in [-0.39, 0.29) is 12.6 Å². The van der Waals surface area contributed by atoms with Gasteiger partial charge in [0.05, 0.1) is 0 Å². The van der Waals surface area contributed by atoms with Crippen molar-refractivity contribution in [3.8, 4) is 0 Å². The second-order valence-corrected chi connectivity index (χ2v) is 6.56. The topological polar surface area (TPSA) is 52.6 Å². The van der Waals surface area contributed by atoms with Gasteiger partial charge in [0, 0.05) is 32.2 Å². The molecule has 0 bridgehead atoms. The predicted octanol–water partition coefficient (Wildman–Crippen LogP) is 2.84. The van der Waals surface area contributed by atoms with Gasteiger partial charge in [0.25, 0.3) is 0 Å². The largest absolute Gasteiger partial charge is 0.396 e. The van der Waals surface area contributed by atoms with Gasteiger partial charge in [0.15, 0.2) is 0 Å². The summed E-state index contributed by atoms with van der Waals surface area (Å²) in [5.41, 5.74) is 1.27. The standard InChI is InChI=1S/C18H28N2O2/c1-14(2)17(16-6-4-3-5-7-16)12-19-18(22)20-10-8-15(13-21)9-11-20/h3-7,14-15,17,21H,8-13H2,1-2H3,(H,19,22). The number of aliphatic hydroxyl groups is 1. The quantitative estimate of drug-likeness (QED) is 0.879. The number of carbonyl (C=O) groups is 1. The Morgan fingerprint density at radius 3 is 2.45 bits per heavy atom. The number of hydrogen-bond donors (Lipinski definition) is 2. The summed E-state index contributed by atoms with van der Waals surface area (Å²) in [4.78, 5) is 14.2. The van der Waals surface area contributed by atoms with Crippen LogP contribution in [0.1, 0.15) is 38.2 Å². The SMILES string of the molecule is CC(C)C(CNC(=O)N1CCC(CO)CC1)c1ccccc1. The summed E-state index contributed by atoms with van der Waals surface area (Å²) in [6, 6.07) is 10.4. The van der Waals surface area contributed by atoms with Crippen molar-refractivity contribution < 1.29 is 9.90 Å². The molecule has 2 rings (SSSR count). The molecule has 1 fully saturated rings. The smallest absolute Gasteiger partial charge is 0.317 e. The van der Waals surface area contributed by atoms with Gasteiger partial charge in [-0.15, -0.1) is 0 Å². The molecular weight excluding hydrogens is 276 g/mol. The summed E-state index contributed by atoms with van der Waals surface area (Å²) in [5, 5.41) is 12.2. The summed E-state index contributed by atoms with van der Waals surface area (Å²) < 4.78 is 0. The molecule has 1 aromatic carbocycles. The maximum atomic E-state index is 12.3. The molecule has 0 saturated carbocycles. The molecule has 0 aliphatic carbocycles. The van der Waals surface area contributed by atoms with Crippen LogP contribution in [0.5, 0.6) is 0 Å². The third-order valence-electron chi connectivity index (χ3n) is 4.67. The minimum atomic E-state index is 0.0259. The molecular formula is C18H28N2O2. The summed E-state index contributed by atoms with van der Waals surface area (Å²) in [6.45, 7) is 6.77. The zero-order chi connectivity index (χ0) is 15.9. The number of urea groups is 1. The van der Waals surface area contributed by atoms with Crippen LogP contribution in [-0.4, -0.2) is 42.3 Å². The third-order valence-corrected chi connectivity index (χ3v) is 4.67. The van der Waals surface area contributed by atoms with E-state index in [4.69, 9.17) is 5.11 Å². The third kappa shape index (κ3) is 4.47. The molecule has 0 aromatic heterocycles. The van der Waals surface area contributed by atoms with E-state index in [1.165, 1.54) is 5.56 Å². The van der Waals surface area contributed by atoms with E-state index in [2.05, 4.69) is 31.3 Å². The van der Waals surface area contributed by atoms with E-state index >= 15 is 0 Å². The van der Waals surface area contributed by atoms with E-state index in [1.807, 2.05) is 23.1 Å². The molecule has 0 radical (unpaired) electrons. The van der Waals surface area contributed by atoms with Crippen LogP contribution in [0.25, 0.3) is 0 Å². The van der Waals surface area contributed by atoms with E-state index in [0.29, 0.717) is 24.3 Å². The molecule has 4 nitrogen and oxygen atoms in total. The molecule has 2 N–H and O–H groups in total. The van der Waals surface area contributed by atoms with Gasteiger partial charge < -0.3 is 15.3 Å². The fourth-order valence-electron chi connectivity index (χ4n) is 3.07. The van der Waals surface area contributed by atoms with Crippen LogP contribution in [0.2, 0.25) is 0 Å². The Balaban J connectivity index is 1.86. The Morgan fingerprint density at radius 2 is 1.91 bits per heavy atom. The first kappa shape index (κ1) is 16.8. The molecule has 1 saturated heterocycles. The molecule has 1 heterocycles. The number of nitrogens with one attached hydrogen (secondary N) is 1. The van der Waals surface area contributed by atoms with Crippen LogP contribution < -0.4 is 5.32 Å². The van der Waals surface area contributed by atoms with E-state index in [0.717, 1.165) is 25.9 Å². The van der Waals surface area contributed by atoms with Crippen molar-refractivity contribution in [3.63, 3.8) is 0 Å². The molecule has 1 unspecified atom stereocenters. The number of piperidine rings is 1. The number of hydrogen-bond acceptors (Lipinski definition) is 2. The summed E-state index contributed by atoms with van der Waals surface area (Å²) in [5.74, 6) is 1.17. The van der Waals surface area contributed by atoms with Gasteiger partial charge >= 0.3 is 6.03 Å². The van der Waals surface area contributed by atoms with Crippen molar-refractivity contribution in [1.82, 2.24) is 10.2 Å². The zero-order valence-electron chi connectivity index (χ0n) is 13.7. The Kier molecular flexibility index (Phi) is 6.25. The molecule has 122 valence electrons. The van der Waals surface area contributed by atoms with Crippen molar-refractivity contribution >= 4 is 6.03 Å². The minimum absolute atomic E-state index is 0.0259. The van der Waals surface area contributed by atoms with Crippen molar-refractivity contribution in [2.45, 2.75) is 32.6 Å². The van der Waals surface area contributed by atoms with Crippen LogP contribution in [0, 0.1) is 11.8 Å². The van der Waals surface area contributed by atoms with Crippen LogP contribution in [0.15, 0.2) is 30.3 Å². The first-order valence-electron chi connectivity index (χ1n) is 8.30. The van der Waals surface area contributed by atoms with Crippen LogP contribution >= 0.6 is 0 Å². The molecule has 4 heteroatoms. The maximum absolute atomic E-state index is 12.3. The number of amides is 2. The fraction of sp³-hybridized carbons (Fsp3) is 0.611. The first-order chi connectivity index (χ1) is 10.6. The highest BCUT2D eigenvalue weighted by atomic mass is 16.3. The van der Waals surface area contributed by atoms with Crippen LogP contribution in [0.4, 0.5) is 4.79 Å². The van der Waals surface area contributed by atoms with Gasteiger partial charge in [-0.2, -0.15) is 0 Å². The second kappa shape index (κ2) is 8.18. The summed E-state index contributed by atoms with van der Waals surface area (Å²) >= 11 is 0.